The van der Waals surface area contributed by atoms with Crippen molar-refractivity contribution >= 4 is 15.9 Å². The summed E-state index contributed by atoms with van der Waals surface area (Å²) >= 11 is 0. The fraction of sp³-hybridized carbons (Fsp3) is 0.650. The number of benzene rings is 1. The molecule has 1 saturated carbocycles. The highest BCUT2D eigenvalue weighted by molar-refractivity contribution is 7.92. The predicted molar refractivity (Wildman–Crippen MR) is 101 cm³/mol. The van der Waals surface area contributed by atoms with Crippen LogP contribution in [0.5, 0.6) is 0 Å². The summed E-state index contributed by atoms with van der Waals surface area (Å²) in [4.78, 5) is 13.1. The number of amides is 1. The van der Waals surface area contributed by atoms with E-state index in [9.17, 15) is 26.4 Å². The molecule has 5 nitrogen and oxygen atoms in total. The molecule has 1 heterocycles. The Balaban J connectivity index is 1.59. The third-order valence-corrected chi connectivity index (χ3v) is 7.03. The minimum atomic E-state index is -5.34. The number of sulfone groups is 1. The van der Waals surface area contributed by atoms with Gasteiger partial charge in [-0.3, -0.25) is 0 Å². The molecule has 1 atom stereocenters. The Labute approximate surface area is 169 Å². The first-order valence-electron chi connectivity index (χ1n) is 9.59. The van der Waals surface area contributed by atoms with Gasteiger partial charge in [-0.25, -0.2) is 13.2 Å². The molecule has 0 unspecified atom stereocenters. The van der Waals surface area contributed by atoms with Gasteiger partial charge in [0.15, 0.2) is 0 Å². The molecule has 1 spiro atoms. The van der Waals surface area contributed by atoms with E-state index in [4.69, 9.17) is 4.74 Å². The summed E-state index contributed by atoms with van der Waals surface area (Å²) < 4.78 is 67.0. The highest BCUT2D eigenvalue weighted by Gasteiger charge is 2.50. The van der Waals surface area contributed by atoms with Crippen LogP contribution >= 0.6 is 0 Å². The zero-order chi connectivity index (χ0) is 21.7. The lowest BCUT2D eigenvalue weighted by atomic mass is 9.77. The molecule has 3 rings (SSSR count). The van der Waals surface area contributed by atoms with Crippen LogP contribution in [-0.2, 0) is 21.0 Å². The molecule has 1 aromatic rings. The van der Waals surface area contributed by atoms with Crippen LogP contribution < -0.4 is 0 Å². The van der Waals surface area contributed by atoms with Crippen LogP contribution in [0.4, 0.5) is 18.0 Å². The van der Waals surface area contributed by atoms with Gasteiger partial charge < -0.3 is 9.64 Å². The van der Waals surface area contributed by atoms with Gasteiger partial charge in [-0.2, -0.15) is 13.2 Å². The van der Waals surface area contributed by atoms with Gasteiger partial charge >= 0.3 is 11.6 Å². The maximum Gasteiger partial charge on any atom is 0.501 e. The zero-order valence-corrected chi connectivity index (χ0v) is 17.6. The Kier molecular flexibility index (Phi) is 5.43. The quantitative estimate of drug-likeness (QED) is 0.701. The molecule has 1 saturated heterocycles. The van der Waals surface area contributed by atoms with Gasteiger partial charge in [-0.15, -0.1) is 0 Å². The first kappa shape index (κ1) is 21.9. The first-order valence-corrected chi connectivity index (χ1v) is 11.1. The van der Waals surface area contributed by atoms with Gasteiger partial charge in [0, 0.05) is 18.5 Å². The lowest BCUT2D eigenvalue weighted by Crippen LogP contribution is -2.58. The Bertz CT molecular complexity index is 884. The summed E-state index contributed by atoms with van der Waals surface area (Å²) in [5.41, 5.74) is -5.22. The molecule has 1 aliphatic carbocycles. The van der Waals surface area contributed by atoms with Crippen LogP contribution in [0.3, 0.4) is 0 Å². The molecule has 0 radical (unpaired) electrons. The largest absolute Gasteiger partial charge is 0.501 e. The highest BCUT2D eigenvalue weighted by Crippen LogP contribution is 2.49. The molecule has 2 aliphatic rings. The van der Waals surface area contributed by atoms with E-state index in [0.717, 1.165) is 31.4 Å². The molecular formula is C20H26F3NO4S. The second-order valence-electron chi connectivity index (χ2n) is 9.25. The maximum absolute atomic E-state index is 12.8. The Morgan fingerprint density at radius 2 is 1.90 bits per heavy atom. The van der Waals surface area contributed by atoms with E-state index in [1.807, 2.05) is 20.8 Å². The van der Waals surface area contributed by atoms with Gasteiger partial charge in [0.1, 0.15) is 5.60 Å². The van der Waals surface area contributed by atoms with E-state index in [1.54, 1.807) is 11.0 Å². The number of rotatable bonds is 3. The van der Waals surface area contributed by atoms with Crippen molar-refractivity contribution in [2.45, 2.75) is 62.5 Å². The summed E-state index contributed by atoms with van der Waals surface area (Å²) in [5, 5.41) is 0. The zero-order valence-electron chi connectivity index (χ0n) is 16.8. The second kappa shape index (κ2) is 7.18. The SMILES string of the molecule is CC(C)(C)OC(=O)N1CC2(CC[C@@H](Cc3cccc(S(=O)(=O)C(F)(F)F)c3)C2)C1. The number of ether oxygens (including phenoxy) is 1. The van der Waals surface area contributed by atoms with E-state index in [2.05, 4.69) is 0 Å². The number of likely N-dealkylation sites (tertiary alicyclic amines) is 1. The third kappa shape index (κ3) is 4.70. The van der Waals surface area contributed by atoms with Crippen LogP contribution in [-0.4, -0.2) is 43.6 Å². The van der Waals surface area contributed by atoms with E-state index in [0.29, 0.717) is 25.1 Å². The Hall–Kier alpha value is -1.77. The van der Waals surface area contributed by atoms with Crippen molar-refractivity contribution in [1.29, 1.82) is 0 Å². The van der Waals surface area contributed by atoms with Crippen LogP contribution in [0.1, 0.15) is 45.6 Å². The van der Waals surface area contributed by atoms with Crippen molar-refractivity contribution in [2.75, 3.05) is 13.1 Å². The minimum Gasteiger partial charge on any atom is -0.444 e. The van der Waals surface area contributed by atoms with Gasteiger partial charge in [0.2, 0.25) is 0 Å². The average Bonchev–Trinajstić information content (AvgIpc) is 2.95. The molecule has 2 fully saturated rings. The number of carbonyl (C=O) groups is 1. The molecular weight excluding hydrogens is 407 g/mol. The monoisotopic (exact) mass is 433 g/mol. The van der Waals surface area contributed by atoms with Crippen molar-refractivity contribution in [3.05, 3.63) is 29.8 Å². The topological polar surface area (TPSA) is 63.7 Å². The molecule has 29 heavy (non-hydrogen) atoms. The van der Waals surface area contributed by atoms with Gasteiger partial charge in [0.25, 0.3) is 9.84 Å². The average molecular weight is 433 g/mol. The fourth-order valence-electron chi connectivity index (χ4n) is 4.31. The number of nitrogens with zero attached hydrogens (tertiary/aromatic N) is 1. The lowest BCUT2D eigenvalue weighted by Gasteiger charge is -2.48. The van der Waals surface area contributed by atoms with Gasteiger partial charge in [-0.05, 0) is 70.1 Å². The molecule has 1 aromatic carbocycles. The molecule has 0 bridgehead atoms. The van der Waals surface area contributed by atoms with Crippen molar-refractivity contribution in [2.24, 2.45) is 11.3 Å². The lowest BCUT2D eigenvalue weighted by molar-refractivity contribution is -0.0436. The maximum atomic E-state index is 12.8. The summed E-state index contributed by atoms with van der Waals surface area (Å²) in [7, 11) is -5.34. The summed E-state index contributed by atoms with van der Waals surface area (Å²) in [6.45, 7) is 6.71. The smallest absolute Gasteiger partial charge is 0.444 e. The van der Waals surface area contributed by atoms with Gasteiger partial charge in [-0.1, -0.05) is 12.1 Å². The number of carbonyl (C=O) groups excluding carboxylic acids is 1. The van der Waals surface area contributed by atoms with E-state index >= 15 is 0 Å². The fourth-order valence-corrected chi connectivity index (χ4v) is 5.15. The molecule has 9 heteroatoms. The summed E-state index contributed by atoms with van der Waals surface area (Å²) in [6, 6.07) is 5.12. The Morgan fingerprint density at radius 1 is 1.24 bits per heavy atom. The molecule has 1 amide bonds. The molecule has 0 aromatic heterocycles. The second-order valence-corrected chi connectivity index (χ2v) is 11.2. The van der Waals surface area contributed by atoms with E-state index < -0.39 is 25.8 Å². The van der Waals surface area contributed by atoms with Crippen molar-refractivity contribution in [1.82, 2.24) is 4.90 Å². The molecule has 162 valence electrons. The molecule has 0 N–H and O–H groups in total. The van der Waals surface area contributed by atoms with Crippen LogP contribution in [0.25, 0.3) is 0 Å². The van der Waals surface area contributed by atoms with Crippen LogP contribution in [0.2, 0.25) is 0 Å². The molecule has 1 aliphatic heterocycles. The minimum absolute atomic E-state index is 0.0389. The Morgan fingerprint density at radius 3 is 2.48 bits per heavy atom. The summed E-state index contributed by atoms with van der Waals surface area (Å²) in [6.07, 6.45) is 2.91. The number of hydrogen-bond donors (Lipinski definition) is 0. The number of halogens is 3. The standard InChI is InChI=1S/C20H26F3NO4S/c1-18(2,3)28-17(25)24-12-19(13-24)8-7-15(11-19)9-14-5-4-6-16(10-14)29(26,27)20(21,22)23/h4-6,10,15H,7-9,11-13H2,1-3H3/t15-/m0/s1. The van der Waals surface area contributed by atoms with E-state index in [-0.39, 0.29) is 17.4 Å². The third-order valence-electron chi connectivity index (χ3n) is 5.55. The first-order chi connectivity index (χ1) is 13.2. The van der Waals surface area contributed by atoms with Crippen LogP contribution in [0, 0.1) is 11.3 Å². The predicted octanol–water partition coefficient (Wildman–Crippen LogP) is 4.56. The number of alkyl halides is 3. The number of hydrogen-bond acceptors (Lipinski definition) is 4. The van der Waals surface area contributed by atoms with Crippen molar-refractivity contribution in [3.8, 4) is 0 Å². The van der Waals surface area contributed by atoms with E-state index in [1.165, 1.54) is 6.07 Å². The normalized spacial score (nSPS) is 21.9. The summed E-state index contributed by atoms with van der Waals surface area (Å²) in [5.74, 6) is 0.250. The van der Waals surface area contributed by atoms with Crippen molar-refractivity contribution < 1.29 is 31.1 Å². The highest BCUT2D eigenvalue weighted by atomic mass is 32.2. The van der Waals surface area contributed by atoms with Crippen molar-refractivity contribution in [3.63, 3.8) is 0 Å². The van der Waals surface area contributed by atoms with Crippen LogP contribution in [0.15, 0.2) is 29.2 Å². The van der Waals surface area contributed by atoms with Gasteiger partial charge in [0.05, 0.1) is 4.90 Å².